The molecule has 0 amide bonds. The summed E-state index contributed by atoms with van der Waals surface area (Å²) in [5.41, 5.74) is 2.48. The summed E-state index contributed by atoms with van der Waals surface area (Å²) in [6, 6.07) is 8.44. The minimum atomic E-state index is -0.675. The van der Waals surface area contributed by atoms with E-state index in [0.717, 1.165) is 19.4 Å². The van der Waals surface area contributed by atoms with E-state index in [1.165, 1.54) is 11.1 Å². The van der Waals surface area contributed by atoms with Gasteiger partial charge >= 0.3 is 5.97 Å². The lowest BCUT2D eigenvalue weighted by Gasteiger charge is -2.34. The van der Waals surface area contributed by atoms with Gasteiger partial charge in [0.05, 0.1) is 5.92 Å². The molecule has 1 N–H and O–H groups in total. The van der Waals surface area contributed by atoms with Crippen molar-refractivity contribution in [1.82, 2.24) is 4.90 Å². The lowest BCUT2D eigenvalue weighted by Crippen LogP contribution is -2.40. The number of hydrogen-bond acceptors (Lipinski definition) is 2. The maximum absolute atomic E-state index is 11.4. The Morgan fingerprint density at radius 1 is 1.39 bits per heavy atom. The number of carbonyl (C=O) groups is 1. The van der Waals surface area contributed by atoms with Gasteiger partial charge in [0.1, 0.15) is 0 Å². The molecule has 0 aliphatic carbocycles. The maximum atomic E-state index is 11.4. The Kier molecular flexibility index (Phi) is 4.02. The van der Waals surface area contributed by atoms with Gasteiger partial charge < -0.3 is 10.0 Å². The highest BCUT2D eigenvalue weighted by Crippen LogP contribution is 2.32. The fraction of sp³-hybridized carbons (Fsp3) is 0.533. The van der Waals surface area contributed by atoms with Gasteiger partial charge in [0, 0.05) is 6.54 Å². The first kappa shape index (κ1) is 13.1. The molecule has 1 unspecified atom stereocenters. The van der Waals surface area contributed by atoms with Crippen LogP contribution in [0.25, 0.3) is 0 Å². The average Bonchev–Trinajstić information content (AvgIpc) is 2.39. The van der Waals surface area contributed by atoms with E-state index in [9.17, 15) is 9.90 Å². The van der Waals surface area contributed by atoms with Crippen LogP contribution in [0, 0.1) is 5.92 Å². The molecular weight excluding hydrogens is 226 g/mol. The van der Waals surface area contributed by atoms with Gasteiger partial charge in [-0.1, -0.05) is 31.2 Å². The minimum absolute atomic E-state index is 0.157. The number of benzene rings is 1. The smallest absolute Gasteiger partial charge is 0.308 e. The van der Waals surface area contributed by atoms with E-state index >= 15 is 0 Å². The average molecular weight is 247 g/mol. The minimum Gasteiger partial charge on any atom is -0.481 e. The van der Waals surface area contributed by atoms with Gasteiger partial charge in [-0.25, -0.2) is 0 Å². The van der Waals surface area contributed by atoms with Crippen LogP contribution < -0.4 is 0 Å². The molecule has 18 heavy (non-hydrogen) atoms. The van der Waals surface area contributed by atoms with Crippen LogP contribution in [-0.2, 0) is 11.2 Å². The molecule has 1 fully saturated rings. The van der Waals surface area contributed by atoms with E-state index in [1.54, 1.807) is 0 Å². The normalized spacial score (nSPS) is 25.0. The molecule has 0 saturated carbocycles. The topological polar surface area (TPSA) is 40.5 Å². The maximum Gasteiger partial charge on any atom is 0.308 e. The molecule has 1 aliphatic heterocycles. The zero-order valence-corrected chi connectivity index (χ0v) is 11.1. The van der Waals surface area contributed by atoms with Gasteiger partial charge in [0.2, 0.25) is 0 Å². The largest absolute Gasteiger partial charge is 0.481 e. The van der Waals surface area contributed by atoms with Crippen LogP contribution in [0.1, 0.15) is 30.4 Å². The number of piperidine rings is 1. The molecule has 1 heterocycles. The van der Waals surface area contributed by atoms with Gasteiger partial charge in [-0.3, -0.25) is 4.79 Å². The molecule has 1 saturated heterocycles. The number of nitrogens with zero attached hydrogens (tertiary/aromatic N) is 1. The predicted molar refractivity (Wildman–Crippen MR) is 71.8 cm³/mol. The highest BCUT2D eigenvalue weighted by atomic mass is 16.4. The summed E-state index contributed by atoms with van der Waals surface area (Å²) < 4.78 is 0. The zero-order valence-electron chi connectivity index (χ0n) is 11.1. The lowest BCUT2D eigenvalue weighted by molar-refractivity contribution is -0.144. The SMILES string of the molecule is CCc1ccc([C@H]2CCN(C)CC2C(=O)O)cc1. The van der Waals surface area contributed by atoms with Crippen molar-refractivity contribution in [3.05, 3.63) is 35.4 Å². The summed E-state index contributed by atoms with van der Waals surface area (Å²) in [6.07, 6.45) is 1.95. The highest BCUT2D eigenvalue weighted by Gasteiger charge is 2.33. The molecular formula is C15H21NO2. The first-order chi connectivity index (χ1) is 8.61. The monoisotopic (exact) mass is 247 g/mol. The summed E-state index contributed by atoms with van der Waals surface area (Å²) >= 11 is 0. The van der Waals surface area contributed by atoms with E-state index in [4.69, 9.17) is 0 Å². The second-order valence-corrected chi connectivity index (χ2v) is 5.20. The second kappa shape index (κ2) is 5.53. The van der Waals surface area contributed by atoms with Crippen LogP contribution in [0.4, 0.5) is 0 Å². The van der Waals surface area contributed by atoms with Crippen molar-refractivity contribution in [2.45, 2.75) is 25.7 Å². The van der Waals surface area contributed by atoms with E-state index in [1.807, 2.05) is 7.05 Å². The number of hydrogen-bond donors (Lipinski definition) is 1. The van der Waals surface area contributed by atoms with Crippen LogP contribution in [-0.4, -0.2) is 36.1 Å². The van der Waals surface area contributed by atoms with Crippen molar-refractivity contribution in [1.29, 1.82) is 0 Å². The van der Waals surface area contributed by atoms with E-state index in [-0.39, 0.29) is 11.8 Å². The fourth-order valence-corrected chi connectivity index (χ4v) is 2.76. The second-order valence-electron chi connectivity index (χ2n) is 5.20. The van der Waals surface area contributed by atoms with Crippen molar-refractivity contribution in [3.8, 4) is 0 Å². The molecule has 3 heteroatoms. The summed E-state index contributed by atoms with van der Waals surface area (Å²) in [6.45, 7) is 3.75. The third-order valence-corrected chi connectivity index (χ3v) is 3.95. The number of rotatable bonds is 3. The molecule has 0 spiro atoms. The molecule has 0 aromatic heterocycles. The Morgan fingerprint density at radius 2 is 2.06 bits per heavy atom. The molecule has 98 valence electrons. The van der Waals surface area contributed by atoms with Crippen molar-refractivity contribution < 1.29 is 9.90 Å². The Balaban J connectivity index is 2.20. The van der Waals surface area contributed by atoms with Crippen molar-refractivity contribution in [2.75, 3.05) is 20.1 Å². The summed E-state index contributed by atoms with van der Waals surface area (Å²) in [7, 11) is 1.99. The Hall–Kier alpha value is -1.35. The first-order valence-electron chi connectivity index (χ1n) is 6.62. The quantitative estimate of drug-likeness (QED) is 0.891. The lowest BCUT2D eigenvalue weighted by atomic mass is 9.80. The number of likely N-dealkylation sites (tertiary alicyclic amines) is 1. The number of aliphatic carboxylic acids is 1. The van der Waals surface area contributed by atoms with Gasteiger partial charge in [-0.05, 0) is 43.5 Å². The van der Waals surface area contributed by atoms with Crippen molar-refractivity contribution in [2.24, 2.45) is 5.92 Å². The number of carboxylic acid groups (broad SMARTS) is 1. The molecule has 1 aromatic carbocycles. The van der Waals surface area contributed by atoms with E-state index in [2.05, 4.69) is 36.1 Å². The highest BCUT2D eigenvalue weighted by molar-refractivity contribution is 5.72. The van der Waals surface area contributed by atoms with Crippen molar-refractivity contribution >= 4 is 5.97 Å². The standard InChI is InChI=1S/C15H21NO2/c1-3-11-4-6-12(7-5-11)13-8-9-16(2)10-14(13)15(17)18/h4-7,13-14H,3,8-10H2,1-2H3,(H,17,18)/t13-,14?/m1/s1. The third kappa shape index (κ3) is 2.72. The third-order valence-electron chi connectivity index (χ3n) is 3.95. The predicted octanol–water partition coefficient (Wildman–Crippen LogP) is 2.37. The van der Waals surface area contributed by atoms with Gasteiger partial charge in [0.25, 0.3) is 0 Å². The van der Waals surface area contributed by atoms with E-state index < -0.39 is 5.97 Å². The molecule has 3 nitrogen and oxygen atoms in total. The number of carboxylic acids is 1. The van der Waals surface area contributed by atoms with Gasteiger partial charge in [0.15, 0.2) is 0 Å². The fourth-order valence-electron chi connectivity index (χ4n) is 2.76. The Bertz CT molecular complexity index is 413. The van der Waals surface area contributed by atoms with Crippen LogP contribution in [0.3, 0.4) is 0 Å². The molecule has 2 atom stereocenters. The zero-order chi connectivity index (χ0) is 13.1. The summed E-state index contributed by atoms with van der Waals surface area (Å²) in [4.78, 5) is 13.5. The van der Waals surface area contributed by atoms with Gasteiger partial charge in [-0.15, -0.1) is 0 Å². The first-order valence-corrected chi connectivity index (χ1v) is 6.62. The van der Waals surface area contributed by atoms with Crippen LogP contribution in [0.5, 0.6) is 0 Å². The van der Waals surface area contributed by atoms with Crippen LogP contribution in [0.2, 0.25) is 0 Å². The Morgan fingerprint density at radius 3 is 2.61 bits per heavy atom. The van der Waals surface area contributed by atoms with Crippen molar-refractivity contribution in [3.63, 3.8) is 0 Å². The Labute approximate surface area is 108 Å². The van der Waals surface area contributed by atoms with Crippen LogP contribution in [0.15, 0.2) is 24.3 Å². The number of aryl methyl sites for hydroxylation is 1. The molecule has 2 rings (SSSR count). The molecule has 1 aliphatic rings. The molecule has 1 aromatic rings. The summed E-state index contributed by atoms with van der Waals surface area (Å²) in [5, 5.41) is 9.36. The van der Waals surface area contributed by atoms with Gasteiger partial charge in [-0.2, -0.15) is 0 Å². The van der Waals surface area contributed by atoms with E-state index in [0.29, 0.717) is 6.54 Å². The summed E-state index contributed by atoms with van der Waals surface area (Å²) in [5.74, 6) is -0.799. The van der Waals surface area contributed by atoms with Crippen LogP contribution >= 0.6 is 0 Å². The molecule has 0 bridgehead atoms. The molecule has 0 radical (unpaired) electrons.